The molecule has 230 valence electrons. The third-order valence-electron chi connectivity index (χ3n) is 6.19. The summed E-state index contributed by atoms with van der Waals surface area (Å²) in [6.45, 7) is 9.43. The highest BCUT2D eigenvalue weighted by Crippen LogP contribution is 2.46. The lowest BCUT2D eigenvalue weighted by molar-refractivity contribution is -0.149. The molecule has 0 saturated carbocycles. The molecule has 5 atom stereocenters. The van der Waals surface area contributed by atoms with Gasteiger partial charge < -0.3 is 20.3 Å². The van der Waals surface area contributed by atoms with Crippen LogP contribution in [-0.2, 0) is 32.7 Å². The number of esters is 1. The fraction of sp³-hybridized carbons (Fsp3) is 0.708. The first-order valence-corrected chi connectivity index (χ1v) is 15.7. The Labute approximate surface area is 241 Å². The van der Waals surface area contributed by atoms with E-state index in [0.29, 0.717) is 6.42 Å². The molecule has 2 aromatic heterocycles. The van der Waals surface area contributed by atoms with Crippen molar-refractivity contribution in [3.8, 4) is 0 Å². The number of aromatic nitrogens is 4. The minimum Gasteiger partial charge on any atom is -0.462 e. The molecule has 2 aromatic rings. The van der Waals surface area contributed by atoms with Gasteiger partial charge >= 0.3 is 13.7 Å². The Morgan fingerprint density at radius 1 is 1.37 bits per heavy atom. The van der Waals surface area contributed by atoms with Gasteiger partial charge in [0.05, 0.1) is 43.8 Å². The van der Waals surface area contributed by atoms with Gasteiger partial charge in [-0.05, 0) is 41.0 Å². The molecule has 3 rings (SSSR count). The van der Waals surface area contributed by atoms with Gasteiger partial charge in [-0.3, -0.25) is 33.0 Å². The Hall–Kier alpha value is -2.33. The van der Waals surface area contributed by atoms with Crippen molar-refractivity contribution in [3.05, 3.63) is 16.7 Å². The molecule has 0 bridgehead atoms. The van der Waals surface area contributed by atoms with Crippen molar-refractivity contribution in [1.29, 1.82) is 0 Å². The SMILES string of the molecule is CC(C)OC(=O)[C@H](C)NP(=O)(OCCSC(=O)C(C)(C)CO)OC[C@@H]1C[C@H](C)[C@H](n2cnc3c(=O)[nH]c(N)nc32)O1. The lowest BCUT2D eigenvalue weighted by atomic mass is 9.97. The topological polar surface area (TPSA) is 210 Å². The average molecular weight is 619 g/mol. The van der Waals surface area contributed by atoms with Crippen LogP contribution in [0, 0.1) is 11.3 Å². The molecule has 0 amide bonds. The summed E-state index contributed by atoms with van der Waals surface area (Å²) in [5, 5.41) is 11.8. The number of carbonyl (C=O) groups excluding carboxylic acids is 2. The van der Waals surface area contributed by atoms with Crippen LogP contribution in [0.4, 0.5) is 5.95 Å². The van der Waals surface area contributed by atoms with Crippen LogP contribution in [0.5, 0.6) is 0 Å². The average Bonchev–Trinajstić information content (AvgIpc) is 3.47. The van der Waals surface area contributed by atoms with Gasteiger partial charge in [0, 0.05) is 11.7 Å². The molecular formula is C24H39N6O9PS. The number of aliphatic hydroxyl groups is 1. The first kappa shape index (κ1) is 33.2. The summed E-state index contributed by atoms with van der Waals surface area (Å²) in [5.74, 6) is -0.608. The number of aromatic amines is 1. The number of fused-ring (bicyclic) bond motifs is 1. The van der Waals surface area contributed by atoms with E-state index in [0.717, 1.165) is 11.8 Å². The number of hydrogen-bond acceptors (Lipinski definition) is 13. The van der Waals surface area contributed by atoms with Gasteiger partial charge in [-0.25, -0.2) is 14.6 Å². The zero-order valence-electron chi connectivity index (χ0n) is 24.0. The van der Waals surface area contributed by atoms with Crippen molar-refractivity contribution in [2.75, 3.05) is 31.3 Å². The highest BCUT2D eigenvalue weighted by atomic mass is 32.2. The first-order chi connectivity index (χ1) is 19.2. The van der Waals surface area contributed by atoms with Gasteiger partial charge in [0.15, 0.2) is 16.3 Å². The van der Waals surface area contributed by atoms with Crippen molar-refractivity contribution < 1.29 is 37.8 Å². The number of nitrogens with zero attached hydrogens (tertiary/aromatic N) is 3. The molecule has 15 nitrogen and oxygen atoms in total. The minimum absolute atomic E-state index is 0.0520. The number of ether oxygens (including phenoxy) is 2. The van der Waals surface area contributed by atoms with Crippen LogP contribution in [-0.4, -0.2) is 79.5 Å². The van der Waals surface area contributed by atoms with E-state index in [1.807, 2.05) is 6.92 Å². The van der Waals surface area contributed by atoms with E-state index in [1.54, 1.807) is 32.3 Å². The third kappa shape index (κ3) is 8.60. The lowest BCUT2D eigenvalue weighted by Gasteiger charge is -2.24. The highest BCUT2D eigenvalue weighted by molar-refractivity contribution is 8.13. The van der Waals surface area contributed by atoms with Crippen molar-refractivity contribution >= 4 is 47.7 Å². The molecule has 0 spiro atoms. The molecule has 1 unspecified atom stereocenters. The Bertz CT molecular complexity index is 1330. The number of hydrogen-bond donors (Lipinski definition) is 4. The number of H-pyrrole nitrogens is 1. The van der Waals surface area contributed by atoms with E-state index in [2.05, 4.69) is 20.0 Å². The molecule has 1 aliphatic heterocycles. The molecule has 3 heterocycles. The van der Waals surface area contributed by atoms with E-state index < -0.39 is 43.1 Å². The fourth-order valence-corrected chi connectivity index (χ4v) is 6.39. The number of nitrogens with two attached hydrogens (primary N) is 1. The Kier molecular flexibility index (Phi) is 11.1. The van der Waals surface area contributed by atoms with Crippen molar-refractivity contribution in [3.63, 3.8) is 0 Å². The second-order valence-electron chi connectivity index (χ2n) is 10.8. The van der Waals surface area contributed by atoms with E-state index in [9.17, 15) is 24.1 Å². The Morgan fingerprint density at radius 3 is 2.73 bits per heavy atom. The second kappa shape index (κ2) is 13.8. The van der Waals surface area contributed by atoms with Gasteiger partial charge in [0.25, 0.3) is 5.56 Å². The second-order valence-corrected chi connectivity index (χ2v) is 13.6. The van der Waals surface area contributed by atoms with Crippen LogP contribution in [0.25, 0.3) is 11.2 Å². The molecular weight excluding hydrogens is 579 g/mol. The number of aliphatic hydroxyl groups excluding tert-OH is 1. The molecule has 0 aromatic carbocycles. The van der Waals surface area contributed by atoms with E-state index in [-0.39, 0.29) is 59.8 Å². The Morgan fingerprint density at radius 2 is 2.07 bits per heavy atom. The minimum atomic E-state index is -4.08. The monoisotopic (exact) mass is 618 g/mol. The van der Waals surface area contributed by atoms with Crippen molar-refractivity contribution in [2.45, 2.75) is 72.4 Å². The molecule has 17 heteroatoms. The zero-order chi connectivity index (χ0) is 30.5. The van der Waals surface area contributed by atoms with Crippen molar-refractivity contribution in [1.82, 2.24) is 24.6 Å². The number of imidazole rings is 1. The largest absolute Gasteiger partial charge is 0.462 e. The van der Waals surface area contributed by atoms with Crippen molar-refractivity contribution in [2.24, 2.45) is 11.3 Å². The van der Waals surface area contributed by atoms with E-state index in [4.69, 9.17) is 24.3 Å². The van der Waals surface area contributed by atoms with Gasteiger partial charge in [0.1, 0.15) is 12.3 Å². The summed E-state index contributed by atoms with van der Waals surface area (Å²) >= 11 is 0.935. The predicted molar refractivity (Wildman–Crippen MR) is 152 cm³/mol. The summed E-state index contributed by atoms with van der Waals surface area (Å²) in [5.41, 5.74) is 4.71. The van der Waals surface area contributed by atoms with E-state index in [1.165, 1.54) is 13.3 Å². The summed E-state index contributed by atoms with van der Waals surface area (Å²) in [6, 6.07) is -1.02. The fourth-order valence-electron chi connectivity index (χ4n) is 3.96. The molecule has 0 aliphatic carbocycles. The number of nitrogen functional groups attached to an aromatic ring is 1. The van der Waals surface area contributed by atoms with Crippen LogP contribution >= 0.6 is 19.5 Å². The highest BCUT2D eigenvalue weighted by Gasteiger charge is 2.38. The maximum absolute atomic E-state index is 13.7. The summed E-state index contributed by atoms with van der Waals surface area (Å²) < 4.78 is 37.9. The number of thioether (sulfide) groups is 1. The smallest absolute Gasteiger partial charge is 0.406 e. The molecule has 1 saturated heterocycles. The molecule has 1 aliphatic rings. The standard InChI is InChI=1S/C24H39N6O9PS/c1-13(2)38-21(33)15(4)29-40(35,36-7-8-41-22(34)24(5,6)11-31)37-10-16-9-14(3)20(39-16)30-12-26-17-18(30)27-23(25)28-19(17)32/h12-16,20,31H,7-11H2,1-6H3,(H,29,35)(H3,25,27,28,32)/t14-,15-,16-,20+,40?/m0/s1. The molecule has 1 fully saturated rings. The van der Waals surface area contributed by atoms with Gasteiger partial charge in [-0.15, -0.1) is 0 Å². The maximum atomic E-state index is 13.7. The van der Waals surface area contributed by atoms with Crippen LogP contribution in [0.15, 0.2) is 11.1 Å². The molecule has 5 N–H and O–H groups in total. The van der Waals surface area contributed by atoms with Gasteiger partial charge in [0.2, 0.25) is 5.95 Å². The molecule has 0 radical (unpaired) electrons. The van der Waals surface area contributed by atoms with Gasteiger partial charge in [-0.2, -0.15) is 4.98 Å². The number of carbonyl (C=O) groups is 2. The summed E-state index contributed by atoms with van der Waals surface area (Å²) in [6.07, 6.45) is 0.507. The zero-order valence-corrected chi connectivity index (χ0v) is 25.7. The lowest BCUT2D eigenvalue weighted by Crippen LogP contribution is -2.36. The van der Waals surface area contributed by atoms with Crippen LogP contribution in [0.1, 0.15) is 54.2 Å². The number of rotatable bonds is 14. The number of anilines is 1. The summed E-state index contributed by atoms with van der Waals surface area (Å²) in [4.78, 5) is 47.5. The quantitative estimate of drug-likeness (QED) is 0.136. The maximum Gasteiger partial charge on any atom is 0.406 e. The Balaban J connectivity index is 1.67. The molecule has 41 heavy (non-hydrogen) atoms. The van der Waals surface area contributed by atoms with Crippen LogP contribution in [0.2, 0.25) is 0 Å². The van der Waals surface area contributed by atoms with E-state index >= 15 is 0 Å². The number of nitrogens with one attached hydrogen (secondary N) is 2. The van der Waals surface area contributed by atoms with Crippen LogP contribution in [0.3, 0.4) is 0 Å². The first-order valence-electron chi connectivity index (χ1n) is 13.2. The normalized spacial score (nSPS) is 21.7. The third-order valence-corrected chi connectivity index (χ3v) is 9.09. The summed E-state index contributed by atoms with van der Waals surface area (Å²) in [7, 11) is -4.08. The van der Waals surface area contributed by atoms with Crippen LogP contribution < -0.4 is 16.4 Å². The predicted octanol–water partition coefficient (Wildman–Crippen LogP) is 1.97. The van der Waals surface area contributed by atoms with Gasteiger partial charge in [-0.1, -0.05) is 18.7 Å².